The van der Waals surface area contributed by atoms with Crippen LogP contribution in [0.2, 0.25) is 0 Å². The number of anilines is 5. The fourth-order valence-corrected chi connectivity index (χ4v) is 8.84. The van der Waals surface area contributed by atoms with E-state index in [9.17, 15) is 0 Å². The first-order chi connectivity index (χ1) is 28.7. The first-order valence-corrected chi connectivity index (χ1v) is 19.9. The molecule has 0 saturated heterocycles. The van der Waals surface area contributed by atoms with Crippen LogP contribution in [-0.4, -0.2) is 0 Å². The van der Waals surface area contributed by atoms with E-state index < -0.39 is 0 Å². The molecule has 0 aliphatic rings. The van der Waals surface area contributed by atoms with Crippen molar-refractivity contribution < 1.29 is 0 Å². The van der Waals surface area contributed by atoms with Crippen LogP contribution in [0, 0.1) is 0 Å². The Labute approximate surface area is 337 Å². The van der Waals surface area contributed by atoms with Crippen LogP contribution in [0.1, 0.15) is 0 Å². The van der Waals surface area contributed by atoms with Gasteiger partial charge in [-0.05, 0) is 137 Å². The van der Waals surface area contributed by atoms with Crippen LogP contribution in [0.15, 0.2) is 224 Å². The Kier molecular flexibility index (Phi) is 8.19. The lowest BCUT2D eigenvalue weighted by molar-refractivity contribution is 1.30. The van der Waals surface area contributed by atoms with Gasteiger partial charge >= 0.3 is 0 Å². The maximum absolute atomic E-state index is 3.70. The molecule has 0 fully saturated rings. The fourth-order valence-electron chi connectivity index (χ4n) is 8.84. The number of benzene rings is 11. The van der Waals surface area contributed by atoms with E-state index in [2.05, 4.69) is 235 Å². The van der Waals surface area contributed by atoms with Crippen LogP contribution in [0.4, 0.5) is 28.4 Å². The Bertz CT molecular complexity index is 3310. The van der Waals surface area contributed by atoms with Gasteiger partial charge in [0.15, 0.2) is 0 Å². The second kappa shape index (κ2) is 14.1. The van der Waals surface area contributed by atoms with E-state index in [1.807, 2.05) is 0 Å². The predicted molar refractivity (Wildman–Crippen MR) is 249 cm³/mol. The number of nitrogens with one attached hydrogen (secondary N) is 1. The average Bonchev–Trinajstić information content (AvgIpc) is 3.29. The topological polar surface area (TPSA) is 15.3 Å². The number of hydrogen-bond donors (Lipinski definition) is 1. The van der Waals surface area contributed by atoms with Gasteiger partial charge in [-0.1, -0.05) is 158 Å². The van der Waals surface area contributed by atoms with Crippen LogP contribution in [0.3, 0.4) is 0 Å². The van der Waals surface area contributed by atoms with Gasteiger partial charge in [-0.15, -0.1) is 0 Å². The van der Waals surface area contributed by atoms with Gasteiger partial charge in [-0.2, -0.15) is 0 Å². The molecule has 0 spiro atoms. The minimum Gasteiger partial charge on any atom is -0.356 e. The number of nitrogens with zero attached hydrogens (tertiary/aromatic N) is 1. The zero-order valence-electron chi connectivity index (χ0n) is 31.8. The summed E-state index contributed by atoms with van der Waals surface area (Å²) in [5.41, 5.74) is 10.3. The summed E-state index contributed by atoms with van der Waals surface area (Å²) < 4.78 is 0. The number of fused-ring (bicyclic) bond motifs is 5. The Balaban J connectivity index is 1.25. The molecule has 0 aliphatic heterocycles. The highest BCUT2D eigenvalue weighted by Gasteiger charge is 2.21. The van der Waals surface area contributed by atoms with Crippen molar-refractivity contribution in [2.45, 2.75) is 0 Å². The fraction of sp³-hybridized carbons (Fsp3) is 0. The molecule has 0 atom stereocenters. The lowest BCUT2D eigenvalue weighted by Crippen LogP contribution is -2.10. The Hall–Kier alpha value is -7.68. The van der Waals surface area contributed by atoms with E-state index in [0.29, 0.717) is 0 Å². The molecule has 11 aromatic carbocycles. The predicted octanol–water partition coefficient (Wildman–Crippen LogP) is 16.0. The standard InChI is InChI=1S/C56H38N2/c1-3-20-45(21-4-1)57-46-30-32-50-52(36-46)55(43-28-26-38-14-7-9-17-41(38)34-43)51-33-31-48(37-53(51)56(50)44-29-27-39-15-8-10-18-42(39)35-44)58(47-22-5-2-6-23-47)54-25-13-19-40-16-11-12-24-49(40)54/h1-37,57H. The molecular weight excluding hydrogens is 701 g/mol. The Morgan fingerprint density at radius 3 is 1.48 bits per heavy atom. The number of rotatable bonds is 7. The molecule has 0 saturated carbocycles. The molecule has 0 aromatic heterocycles. The van der Waals surface area contributed by atoms with Crippen LogP contribution in [0.25, 0.3) is 76.1 Å². The highest BCUT2D eigenvalue weighted by atomic mass is 15.1. The third-order valence-corrected chi connectivity index (χ3v) is 11.5. The monoisotopic (exact) mass is 738 g/mol. The third kappa shape index (κ3) is 5.91. The van der Waals surface area contributed by atoms with Crippen LogP contribution in [0.5, 0.6) is 0 Å². The summed E-state index contributed by atoms with van der Waals surface area (Å²) in [6.07, 6.45) is 0. The lowest BCUT2D eigenvalue weighted by Gasteiger charge is -2.28. The largest absolute Gasteiger partial charge is 0.356 e. The summed E-state index contributed by atoms with van der Waals surface area (Å²) >= 11 is 0. The summed E-state index contributed by atoms with van der Waals surface area (Å²) in [7, 11) is 0. The molecule has 272 valence electrons. The molecule has 2 heteroatoms. The molecule has 11 aromatic rings. The van der Waals surface area contributed by atoms with Gasteiger partial charge < -0.3 is 10.2 Å². The van der Waals surface area contributed by atoms with Crippen molar-refractivity contribution in [1.82, 2.24) is 0 Å². The van der Waals surface area contributed by atoms with Gasteiger partial charge in [0.25, 0.3) is 0 Å². The van der Waals surface area contributed by atoms with E-state index >= 15 is 0 Å². The smallest absolute Gasteiger partial charge is 0.0540 e. The van der Waals surface area contributed by atoms with Crippen molar-refractivity contribution in [3.8, 4) is 22.3 Å². The van der Waals surface area contributed by atoms with Gasteiger partial charge in [0.05, 0.1) is 5.69 Å². The Morgan fingerprint density at radius 2 is 0.810 bits per heavy atom. The van der Waals surface area contributed by atoms with Crippen molar-refractivity contribution in [2.75, 3.05) is 10.2 Å². The van der Waals surface area contributed by atoms with E-state index in [-0.39, 0.29) is 0 Å². The molecule has 11 rings (SSSR count). The van der Waals surface area contributed by atoms with E-state index in [0.717, 1.165) is 28.4 Å². The van der Waals surface area contributed by atoms with Crippen molar-refractivity contribution >= 4 is 82.3 Å². The van der Waals surface area contributed by atoms with E-state index in [1.54, 1.807) is 0 Å². The molecule has 2 nitrogen and oxygen atoms in total. The minimum atomic E-state index is 1.05. The van der Waals surface area contributed by atoms with Crippen molar-refractivity contribution in [3.05, 3.63) is 224 Å². The van der Waals surface area contributed by atoms with Gasteiger partial charge in [-0.3, -0.25) is 0 Å². The quantitative estimate of drug-likeness (QED) is 0.164. The zero-order chi connectivity index (χ0) is 38.4. The molecule has 58 heavy (non-hydrogen) atoms. The Morgan fingerprint density at radius 1 is 0.276 bits per heavy atom. The maximum Gasteiger partial charge on any atom is 0.0540 e. The van der Waals surface area contributed by atoms with Gasteiger partial charge in [0, 0.05) is 28.1 Å². The maximum atomic E-state index is 3.70. The van der Waals surface area contributed by atoms with Crippen molar-refractivity contribution in [3.63, 3.8) is 0 Å². The van der Waals surface area contributed by atoms with Crippen LogP contribution < -0.4 is 10.2 Å². The molecule has 0 heterocycles. The van der Waals surface area contributed by atoms with Gasteiger partial charge in [-0.25, -0.2) is 0 Å². The number of para-hydroxylation sites is 2. The van der Waals surface area contributed by atoms with E-state index in [1.165, 1.54) is 76.1 Å². The second-order valence-corrected chi connectivity index (χ2v) is 15.0. The van der Waals surface area contributed by atoms with Gasteiger partial charge in [0.2, 0.25) is 0 Å². The average molecular weight is 739 g/mol. The highest BCUT2D eigenvalue weighted by molar-refractivity contribution is 6.23. The molecule has 0 radical (unpaired) electrons. The summed E-state index contributed by atoms with van der Waals surface area (Å²) in [6, 6.07) is 81.6. The molecule has 0 unspecified atom stereocenters. The third-order valence-electron chi connectivity index (χ3n) is 11.5. The highest BCUT2D eigenvalue weighted by Crippen LogP contribution is 2.48. The lowest BCUT2D eigenvalue weighted by atomic mass is 9.84. The van der Waals surface area contributed by atoms with Crippen molar-refractivity contribution in [2.24, 2.45) is 0 Å². The zero-order valence-corrected chi connectivity index (χ0v) is 31.8. The van der Waals surface area contributed by atoms with E-state index in [4.69, 9.17) is 0 Å². The molecule has 0 bridgehead atoms. The first kappa shape index (κ1) is 33.6. The summed E-state index contributed by atoms with van der Waals surface area (Å²) in [4.78, 5) is 2.42. The summed E-state index contributed by atoms with van der Waals surface area (Å²) in [6.45, 7) is 0. The first-order valence-electron chi connectivity index (χ1n) is 19.9. The van der Waals surface area contributed by atoms with Crippen LogP contribution in [-0.2, 0) is 0 Å². The minimum absolute atomic E-state index is 1.05. The molecule has 0 amide bonds. The SMILES string of the molecule is c1ccc(Nc2ccc3c(-c4ccc5ccccc5c4)c4cc(N(c5ccccc5)c5cccc6ccccc56)ccc4c(-c4ccc5ccccc5c4)c3c2)cc1. The molecular formula is C56H38N2. The molecule has 1 N–H and O–H groups in total. The molecule has 0 aliphatic carbocycles. The normalized spacial score (nSPS) is 11.4. The number of hydrogen-bond acceptors (Lipinski definition) is 2. The second-order valence-electron chi connectivity index (χ2n) is 15.0. The van der Waals surface area contributed by atoms with Crippen LogP contribution >= 0.6 is 0 Å². The van der Waals surface area contributed by atoms with Crippen molar-refractivity contribution in [1.29, 1.82) is 0 Å². The summed E-state index contributed by atoms with van der Waals surface area (Å²) in [5.74, 6) is 0. The van der Waals surface area contributed by atoms with Gasteiger partial charge in [0.1, 0.15) is 0 Å². The summed E-state index contributed by atoms with van der Waals surface area (Å²) in [5, 5.41) is 15.8.